The molecule has 2 heterocycles. The zero-order valence-corrected chi connectivity index (χ0v) is 17.1. The monoisotopic (exact) mass is 434 g/mol. The van der Waals surface area contributed by atoms with Crippen LogP contribution >= 0.6 is 0 Å². The summed E-state index contributed by atoms with van der Waals surface area (Å²) in [6.07, 6.45) is -1.93. The first-order valence-corrected chi connectivity index (χ1v) is 9.28. The number of benzene rings is 1. The van der Waals surface area contributed by atoms with Gasteiger partial charge in [0.1, 0.15) is 12.3 Å². The van der Waals surface area contributed by atoms with Crippen molar-refractivity contribution in [2.75, 3.05) is 13.7 Å². The molecule has 0 saturated carbocycles. The minimum atomic E-state index is -4.52. The van der Waals surface area contributed by atoms with Crippen LogP contribution in [0.3, 0.4) is 0 Å². The molecule has 0 amide bonds. The molecular weight excluding hydrogens is 413 g/mol. The predicted octanol–water partition coefficient (Wildman–Crippen LogP) is 4.08. The van der Waals surface area contributed by atoms with Crippen LogP contribution in [-0.4, -0.2) is 34.0 Å². The first kappa shape index (κ1) is 22.4. The first-order chi connectivity index (χ1) is 14.5. The lowest BCUT2D eigenvalue weighted by Crippen LogP contribution is -2.28. The van der Waals surface area contributed by atoms with E-state index in [0.29, 0.717) is 28.3 Å². The number of pyridine rings is 2. The average Bonchev–Trinajstić information content (AvgIpc) is 2.71. The second-order valence-electron chi connectivity index (χ2n) is 7.49. The van der Waals surface area contributed by atoms with E-state index in [4.69, 9.17) is 9.47 Å². The zero-order chi connectivity index (χ0) is 22.8. The van der Waals surface area contributed by atoms with Gasteiger partial charge in [-0.1, -0.05) is 6.07 Å². The Hall–Kier alpha value is -3.33. The summed E-state index contributed by atoms with van der Waals surface area (Å²) in [5.41, 5.74) is -1.06. The van der Waals surface area contributed by atoms with Crippen molar-refractivity contribution in [3.05, 3.63) is 70.9 Å². The van der Waals surface area contributed by atoms with Crippen LogP contribution in [0.4, 0.5) is 13.2 Å². The van der Waals surface area contributed by atoms with Crippen LogP contribution in [0.5, 0.6) is 11.5 Å². The Labute approximate surface area is 176 Å². The third-order valence-corrected chi connectivity index (χ3v) is 4.31. The van der Waals surface area contributed by atoms with Crippen molar-refractivity contribution in [2.24, 2.45) is 0 Å². The number of aromatic nitrogens is 2. The van der Waals surface area contributed by atoms with E-state index in [1.54, 1.807) is 38.1 Å². The Morgan fingerprint density at radius 3 is 2.32 bits per heavy atom. The summed E-state index contributed by atoms with van der Waals surface area (Å²) in [6, 6.07) is 9.96. The number of alkyl halides is 3. The standard InChI is InChI=1S/C22H21F3N2O4/c1-21(2,29)13-31-17-6-5-16(11-18(17)30-3)27-9-8-14(10-20(27)28)15-4-7-19(26-12-15)22(23,24)25/h4-12,29H,13H2,1-3H3. The van der Waals surface area contributed by atoms with Crippen LogP contribution in [0.1, 0.15) is 19.5 Å². The van der Waals surface area contributed by atoms with Gasteiger partial charge in [-0.3, -0.25) is 14.3 Å². The lowest BCUT2D eigenvalue weighted by atomic mass is 10.1. The van der Waals surface area contributed by atoms with Gasteiger partial charge in [0.15, 0.2) is 11.5 Å². The molecule has 1 N–H and O–H groups in total. The van der Waals surface area contributed by atoms with Gasteiger partial charge in [-0.15, -0.1) is 0 Å². The van der Waals surface area contributed by atoms with Crippen molar-refractivity contribution in [3.63, 3.8) is 0 Å². The lowest BCUT2D eigenvalue weighted by Gasteiger charge is -2.19. The molecule has 0 aliphatic carbocycles. The highest BCUT2D eigenvalue weighted by Gasteiger charge is 2.32. The highest BCUT2D eigenvalue weighted by Crippen LogP contribution is 2.31. The molecule has 0 saturated heterocycles. The minimum Gasteiger partial charge on any atom is -0.493 e. The van der Waals surface area contributed by atoms with Crippen LogP contribution in [0.2, 0.25) is 0 Å². The normalized spacial score (nSPS) is 12.0. The Morgan fingerprint density at radius 1 is 1.03 bits per heavy atom. The molecule has 9 heteroatoms. The largest absolute Gasteiger partial charge is 0.493 e. The van der Waals surface area contributed by atoms with E-state index in [1.807, 2.05) is 0 Å². The van der Waals surface area contributed by atoms with Crippen LogP contribution < -0.4 is 15.0 Å². The highest BCUT2D eigenvalue weighted by atomic mass is 19.4. The molecule has 0 unspecified atom stereocenters. The maximum atomic E-state index is 12.7. The molecule has 0 aliphatic heterocycles. The van der Waals surface area contributed by atoms with Crippen molar-refractivity contribution < 1.29 is 27.8 Å². The number of ether oxygens (including phenoxy) is 2. The third-order valence-electron chi connectivity index (χ3n) is 4.31. The van der Waals surface area contributed by atoms with Gasteiger partial charge < -0.3 is 14.6 Å². The third kappa shape index (κ3) is 5.43. The van der Waals surface area contributed by atoms with E-state index in [9.17, 15) is 23.1 Å². The molecule has 0 radical (unpaired) electrons. The van der Waals surface area contributed by atoms with E-state index >= 15 is 0 Å². The molecule has 3 aromatic rings. The summed E-state index contributed by atoms with van der Waals surface area (Å²) < 4.78 is 50.3. The number of methoxy groups -OCH3 is 1. The number of hydrogen-bond acceptors (Lipinski definition) is 5. The maximum absolute atomic E-state index is 12.7. The number of nitrogens with zero attached hydrogens (tertiary/aromatic N) is 2. The Balaban J connectivity index is 1.88. The SMILES string of the molecule is COc1cc(-n2ccc(-c3ccc(C(F)(F)F)nc3)cc2=O)ccc1OCC(C)(C)O. The van der Waals surface area contributed by atoms with Crippen molar-refractivity contribution in [2.45, 2.75) is 25.6 Å². The minimum absolute atomic E-state index is 0.0541. The second-order valence-corrected chi connectivity index (χ2v) is 7.49. The fourth-order valence-corrected chi connectivity index (χ4v) is 2.78. The molecule has 0 spiro atoms. The molecule has 0 atom stereocenters. The van der Waals surface area contributed by atoms with Crippen LogP contribution in [0, 0.1) is 0 Å². The van der Waals surface area contributed by atoms with Gasteiger partial charge in [0.25, 0.3) is 5.56 Å². The van der Waals surface area contributed by atoms with Gasteiger partial charge in [-0.25, -0.2) is 0 Å². The van der Waals surface area contributed by atoms with E-state index in [1.165, 1.54) is 30.0 Å². The lowest BCUT2D eigenvalue weighted by molar-refractivity contribution is -0.141. The van der Waals surface area contributed by atoms with E-state index in [0.717, 1.165) is 12.3 Å². The van der Waals surface area contributed by atoms with Crippen molar-refractivity contribution in [1.82, 2.24) is 9.55 Å². The Kier molecular flexibility index (Phi) is 6.08. The predicted molar refractivity (Wildman–Crippen MR) is 109 cm³/mol. The Bertz CT molecular complexity index is 1120. The number of aliphatic hydroxyl groups is 1. The summed E-state index contributed by atoms with van der Waals surface area (Å²) in [4.78, 5) is 16.1. The number of halogens is 3. The maximum Gasteiger partial charge on any atom is 0.433 e. The van der Waals surface area contributed by atoms with Crippen LogP contribution in [0.25, 0.3) is 16.8 Å². The molecule has 0 bridgehead atoms. The summed E-state index contributed by atoms with van der Waals surface area (Å²) >= 11 is 0. The van der Waals surface area contributed by atoms with Crippen LogP contribution in [0.15, 0.2) is 59.7 Å². The van der Waals surface area contributed by atoms with Gasteiger partial charge in [0.05, 0.1) is 18.4 Å². The molecule has 3 rings (SSSR count). The zero-order valence-electron chi connectivity index (χ0n) is 17.1. The summed E-state index contributed by atoms with van der Waals surface area (Å²) in [5, 5.41) is 9.82. The smallest absolute Gasteiger partial charge is 0.433 e. The summed E-state index contributed by atoms with van der Waals surface area (Å²) in [6.45, 7) is 3.28. The van der Waals surface area contributed by atoms with Crippen molar-refractivity contribution >= 4 is 0 Å². The number of hydrogen-bond donors (Lipinski definition) is 1. The fourth-order valence-electron chi connectivity index (χ4n) is 2.78. The van der Waals surface area contributed by atoms with E-state index in [2.05, 4.69) is 4.98 Å². The van der Waals surface area contributed by atoms with Crippen LogP contribution in [-0.2, 0) is 6.18 Å². The van der Waals surface area contributed by atoms with Gasteiger partial charge in [0.2, 0.25) is 0 Å². The topological polar surface area (TPSA) is 73.6 Å². The first-order valence-electron chi connectivity index (χ1n) is 9.28. The average molecular weight is 434 g/mol. The van der Waals surface area contributed by atoms with Gasteiger partial charge in [-0.05, 0) is 43.7 Å². The molecule has 1 aromatic carbocycles. The molecule has 0 aliphatic rings. The molecule has 6 nitrogen and oxygen atoms in total. The van der Waals surface area contributed by atoms with Gasteiger partial charge in [-0.2, -0.15) is 13.2 Å². The summed E-state index contributed by atoms with van der Waals surface area (Å²) in [5.74, 6) is 0.790. The summed E-state index contributed by atoms with van der Waals surface area (Å²) in [7, 11) is 1.46. The van der Waals surface area contributed by atoms with Crippen molar-refractivity contribution in [3.8, 4) is 28.3 Å². The fraction of sp³-hybridized carbons (Fsp3) is 0.273. The molecular formula is C22H21F3N2O4. The Morgan fingerprint density at radius 2 is 1.77 bits per heavy atom. The molecule has 164 valence electrons. The molecule has 2 aromatic heterocycles. The van der Waals surface area contributed by atoms with Crippen molar-refractivity contribution in [1.29, 1.82) is 0 Å². The van der Waals surface area contributed by atoms with E-state index < -0.39 is 17.5 Å². The van der Waals surface area contributed by atoms with Gasteiger partial charge in [0, 0.05) is 30.1 Å². The molecule has 31 heavy (non-hydrogen) atoms. The van der Waals surface area contributed by atoms with E-state index in [-0.39, 0.29) is 12.2 Å². The highest BCUT2D eigenvalue weighted by molar-refractivity contribution is 5.62. The van der Waals surface area contributed by atoms with Gasteiger partial charge >= 0.3 is 6.18 Å². The second kappa shape index (κ2) is 8.43. The quantitative estimate of drug-likeness (QED) is 0.633. The number of rotatable bonds is 6. The molecule has 0 fully saturated rings.